The lowest BCUT2D eigenvalue weighted by Gasteiger charge is -2.15. The lowest BCUT2D eigenvalue weighted by atomic mass is 10.1. The molecule has 0 aliphatic rings. The van der Waals surface area contributed by atoms with E-state index in [9.17, 15) is 4.79 Å². The van der Waals surface area contributed by atoms with Crippen LogP contribution in [0.2, 0.25) is 0 Å². The number of rotatable bonds is 10. The fourth-order valence-corrected chi connectivity index (χ4v) is 2.36. The van der Waals surface area contributed by atoms with Gasteiger partial charge in [0, 0.05) is 6.42 Å². The number of hydrogen-bond acceptors (Lipinski definition) is 5. The molecule has 6 heteroatoms. The highest BCUT2D eigenvalue weighted by molar-refractivity contribution is 5.67. The van der Waals surface area contributed by atoms with Gasteiger partial charge in [-0.05, 0) is 30.2 Å². The molecule has 0 amide bonds. The van der Waals surface area contributed by atoms with Crippen LogP contribution in [0.25, 0.3) is 0 Å². The molecule has 0 spiro atoms. The van der Waals surface area contributed by atoms with E-state index in [-0.39, 0.29) is 6.42 Å². The topological polar surface area (TPSA) is 74.2 Å². The van der Waals surface area contributed by atoms with Gasteiger partial charge in [-0.1, -0.05) is 24.3 Å². The lowest BCUT2D eigenvalue weighted by Crippen LogP contribution is -2.11. The number of para-hydroxylation sites is 3. The fourth-order valence-electron chi connectivity index (χ4n) is 2.36. The fraction of sp³-hybridized carbons (Fsp3) is 0.316. The van der Waals surface area contributed by atoms with Crippen LogP contribution in [-0.2, 0) is 11.2 Å². The Morgan fingerprint density at radius 3 is 2.20 bits per heavy atom. The van der Waals surface area contributed by atoms with E-state index in [0.29, 0.717) is 42.6 Å². The van der Waals surface area contributed by atoms with Crippen molar-refractivity contribution >= 4 is 5.97 Å². The summed E-state index contributed by atoms with van der Waals surface area (Å²) in [6.45, 7) is 0.606. The maximum absolute atomic E-state index is 10.8. The molecule has 0 unspecified atom stereocenters. The van der Waals surface area contributed by atoms with Crippen LogP contribution in [0, 0.1) is 0 Å². The summed E-state index contributed by atoms with van der Waals surface area (Å²) < 4.78 is 22.0. The third-order valence-corrected chi connectivity index (χ3v) is 3.54. The maximum atomic E-state index is 10.8. The summed E-state index contributed by atoms with van der Waals surface area (Å²) >= 11 is 0. The average Bonchev–Trinajstić information content (AvgIpc) is 2.64. The minimum absolute atomic E-state index is 0.0290. The first-order valence-electron chi connectivity index (χ1n) is 7.92. The number of carboxylic acids is 1. The van der Waals surface area contributed by atoms with Crippen LogP contribution in [0.5, 0.6) is 23.0 Å². The Balaban J connectivity index is 1.98. The van der Waals surface area contributed by atoms with Crippen molar-refractivity contribution in [2.75, 3.05) is 27.4 Å². The van der Waals surface area contributed by atoms with E-state index >= 15 is 0 Å². The van der Waals surface area contributed by atoms with E-state index in [1.807, 2.05) is 36.4 Å². The SMILES string of the molecule is COc1ccccc1OCCOc1c(CCC(=O)O)cccc1OC. The molecule has 0 bridgehead atoms. The van der Waals surface area contributed by atoms with Gasteiger partial charge in [0.2, 0.25) is 0 Å². The van der Waals surface area contributed by atoms with Crippen molar-refractivity contribution in [3.63, 3.8) is 0 Å². The average molecular weight is 346 g/mol. The van der Waals surface area contributed by atoms with Crippen molar-refractivity contribution in [3.05, 3.63) is 48.0 Å². The van der Waals surface area contributed by atoms with Gasteiger partial charge in [0.05, 0.1) is 14.2 Å². The standard InChI is InChI=1S/C19H22O6/c1-22-15-7-3-4-8-16(15)24-12-13-25-19-14(10-11-18(20)21)6-5-9-17(19)23-2/h3-9H,10-13H2,1-2H3,(H,20,21). The number of hydrogen-bond donors (Lipinski definition) is 1. The number of carboxylic acid groups (broad SMARTS) is 1. The van der Waals surface area contributed by atoms with Crippen molar-refractivity contribution in [2.24, 2.45) is 0 Å². The zero-order valence-electron chi connectivity index (χ0n) is 14.4. The summed E-state index contributed by atoms with van der Waals surface area (Å²) in [5.41, 5.74) is 0.791. The van der Waals surface area contributed by atoms with Gasteiger partial charge in [0.15, 0.2) is 23.0 Å². The van der Waals surface area contributed by atoms with Gasteiger partial charge in [-0.25, -0.2) is 0 Å². The van der Waals surface area contributed by atoms with Crippen molar-refractivity contribution in [1.82, 2.24) is 0 Å². The summed E-state index contributed by atoms with van der Waals surface area (Å²) in [6, 6.07) is 12.8. The van der Waals surface area contributed by atoms with Gasteiger partial charge in [-0.2, -0.15) is 0 Å². The predicted octanol–water partition coefficient (Wildman–Crippen LogP) is 3.18. The molecule has 25 heavy (non-hydrogen) atoms. The van der Waals surface area contributed by atoms with E-state index in [1.165, 1.54) is 0 Å². The van der Waals surface area contributed by atoms with Crippen LogP contribution in [0.3, 0.4) is 0 Å². The van der Waals surface area contributed by atoms with Gasteiger partial charge in [-0.15, -0.1) is 0 Å². The van der Waals surface area contributed by atoms with Crippen molar-refractivity contribution in [1.29, 1.82) is 0 Å². The first-order chi connectivity index (χ1) is 12.2. The van der Waals surface area contributed by atoms with Crippen LogP contribution in [0.1, 0.15) is 12.0 Å². The first-order valence-corrected chi connectivity index (χ1v) is 7.92. The Kier molecular flexibility index (Phi) is 6.95. The summed E-state index contributed by atoms with van der Waals surface area (Å²) in [5.74, 6) is 1.56. The molecule has 0 aliphatic heterocycles. The Morgan fingerprint density at radius 1 is 0.880 bits per heavy atom. The van der Waals surface area contributed by atoms with E-state index in [0.717, 1.165) is 5.56 Å². The monoisotopic (exact) mass is 346 g/mol. The zero-order valence-corrected chi connectivity index (χ0v) is 14.4. The van der Waals surface area contributed by atoms with Gasteiger partial charge >= 0.3 is 5.97 Å². The van der Waals surface area contributed by atoms with E-state index in [2.05, 4.69) is 0 Å². The minimum Gasteiger partial charge on any atom is -0.493 e. The molecule has 6 nitrogen and oxygen atoms in total. The summed E-state index contributed by atoms with van der Waals surface area (Å²) in [5, 5.41) is 8.88. The first kappa shape index (κ1) is 18.4. The Bertz CT molecular complexity index is 698. The van der Waals surface area contributed by atoms with E-state index < -0.39 is 5.97 Å². The molecule has 2 aromatic rings. The number of benzene rings is 2. The number of carbonyl (C=O) groups is 1. The molecular weight excluding hydrogens is 324 g/mol. The highest BCUT2D eigenvalue weighted by atomic mass is 16.5. The highest BCUT2D eigenvalue weighted by Crippen LogP contribution is 2.32. The zero-order chi connectivity index (χ0) is 18.1. The summed E-state index contributed by atoms with van der Waals surface area (Å²) in [7, 11) is 3.14. The quantitative estimate of drug-likeness (QED) is 0.666. The third-order valence-electron chi connectivity index (χ3n) is 3.54. The Hall–Kier alpha value is -2.89. The van der Waals surface area contributed by atoms with Crippen molar-refractivity contribution in [3.8, 4) is 23.0 Å². The second kappa shape index (κ2) is 9.42. The minimum atomic E-state index is -0.853. The van der Waals surface area contributed by atoms with Crippen molar-refractivity contribution < 1.29 is 28.8 Å². The molecule has 2 rings (SSSR count). The van der Waals surface area contributed by atoms with E-state index in [4.69, 9.17) is 24.1 Å². The van der Waals surface area contributed by atoms with Gasteiger partial charge < -0.3 is 24.1 Å². The second-order valence-corrected chi connectivity index (χ2v) is 5.19. The third kappa shape index (κ3) is 5.31. The predicted molar refractivity (Wildman–Crippen MR) is 92.9 cm³/mol. The van der Waals surface area contributed by atoms with Crippen LogP contribution in [-0.4, -0.2) is 38.5 Å². The molecule has 0 radical (unpaired) electrons. The molecule has 0 saturated carbocycles. The molecule has 134 valence electrons. The number of aliphatic carboxylic acids is 1. The second-order valence-electron chi connectivity index (χ2n) is 5.19. The van der Waals surface area contributed by atoms with Gasteiger partial charge in [0.1, 0.15) is 13.2 Å². The molecule has 0 fully saturated rings. The van der Waals surface area contributed by atoms with Crippen LogP contribution < -0.4 is 18.9 Å². The molecule has 1 N–H and O–H groups in total. The van der Waals surface area contributed by atoms with Gasteiger partial charge in [0.25, 0.3) is 0 Å². The van der Waals surface area contributed by atoms with Gasteiger partial charge in [-0.3, -0.25) is 4.79 Å². The Labute approximate surface area is 146 Å². The normalized spacial score (nSPS) is 10.2. The number of aryl methyl sites for hydroxylation is 1. The molecule has 0 atom stereocenters. The van der Waals surface area contributed by atoms with Crippen LogP contribution in [0.4, 0.5) is 0 Å². The highest BCUT2D eigenvalue weighted by Gasteiger charge is 2.12. The smallest absolute Gasteiger partial charge is 0.303 e. The molecule has 0 aliphatic carbocycles. The molecule has 0 saturated heterocycles. The molecule has 0 aromatic heterocycles. The number of methoxy groups -OCH3 is 2. The summed E-state index contributed by atoms with van der Waals surface area (Å²) in [6.07, 6.45) is 0.399. The lowest BCUT2D eigenvalue weighted by molar-refractivity contribution is -0.136. The molecular formula is C19H22O6. The molecule has 2 aromatic carbocycles. The van der Waals surface area contributed by atoms with Crippen LogP contribution in [0.15, 0.2) is 42.5 Å². The van der Waals surface area contributed by atoms with Crippen molar-refractivity contribution in [2.45, 2.75) is 12.8 Å². The van der Waals surface area contributed by atoms with Crippen LogP contribution >= 0.6 is 0 Å². The molecule has 0 heterocycles. The summed E-state index contributed by atoms with van der Waals surface area (Å²) in [4.78, 5) is 10.8. The largest absolute Gasteiger partial charge is 0.493 e. The Morgan fingerprint density at radius 2 is 1.52 bits per heavy atom. The van der Waals surface area contributed by atoms with E-state index in [1.54, 1.807) is 20.3 Å². The number of ether oxygens (including phenoxy) is 4. The maximum Gasteiger partial charge on any atom is 0.303 e.